The molecule has 0 spiro atoms. The van der Waals surface area contributed by atoms with E-state index in [1.807, 2.05) is 12.1 Å². The number of carbonyl (C=O) groups excluding carboxylic acids is 1. The molecule has 196 valence electrons. The molecule has 0 aliphatic heterocycles. The quantitative estimate of drug-likeness (QED) is 0.270. The zero-order chi connectivity index (χ0) is 27.2. The van der Waals surface area contributed by atoms with E-state index in [0.29, 0.717) is 39.4 Å². The third-order valence-electron chi connectivity index (χ3n) is 4.81. The number of nitrogens with one attached hydrogen (secondary N) is 1. The Morgan fingerprint density at radius 1 is 1.08 bits per heavy atom. The van der Waals surface area contributed by atoms with Crippen molar-refractivity contribution in [2.45, 2.75) is 12.8 Å². The van der Waals surface area contributed by atoms with Crippen molar-refractivity contribution in [1.82, 2.24) is 5.43 Å². The highest BCUT2D eigenvalue weighted by Gasteiger charge is 2.33. The molecule has 37 heavy (non-hydrogen) atoms. The van der Waals surface area contributed by atoms with Gasteiger partial charge in [0.25, 0.3) is 5.91 Å². The van der Waals surface area contributed by atoms with Gasteiger partial charge in [0.05, 0.1) is 28.7 Å². The molecule has 0 heterocycles. The Balaban J connectivity index is 1.62. The molecule has 0 radical (unpaired) electrons. The van der Waals surface area contributed by atoms with Crippen LogP contribution in [0, 0.1) is 0 Å². The Labute approximate surface area is 221 Å². The number of benzene rings is 3. The average Bonchev–Trinajstić information content (AvgIpc) is 2.81. The number of carbonyl (C=O) groups is 1. The molecule has 3 rings (SSSR count). The van der Waals surface area contributed by atoms with Crippen LogP contribution in [0.3, 0.4) is 0 Å². The highest BCUT2D eigenvalue weighted by atomic mass is 35.5. The van der Waals surface area contributed by atoms with Crippen LogP contribution >= 0.6 is 23.2 Å². The summed E-state index contributed by atoms with van der Waals surface area (Å²) in [6, 6.07) is 16.2. The fraction of sp³-hybridized carbons (Fsp3) is 0.167. The maximum atomic E-state index is 13.1. The second kappa shape index (κ2) is 11.8. The first kappa shape index (κ1) is 28.3. The lowest BCUT2D eigenvalue weighted by molar-refractivity contribution is -0.137. The maximum absolute atomic E-state index is 13.1. The van der Waals surface area contributed by atoms with Crippen LogP contribution in [0.15, 0.2) is 71.8 Å². The van der Waals surface area contributed by atoms with Crippen molar-refractivity contribution in [2.24, 2.45) is 5.10 Å². The first-order chi connectivity index (χ1) is 17.3. The van der Waals surface area contributed by atoms with Gasteiger partial charge >= 0.3 is 6.18 Å². The van der Waals surface area contributed by atoms with Gasteiger partial charge in [0.15, 0.2) is 0 Å². The summed E-state index contributed by atoms with van der Waals surface area (Å²) >= 11 is 11.9. The van der Waals surface area contributed by atoms with Gasteiger partial charge in [0.2, 0.25) is 10.0 Å². The number of hydrazone groups is 1. The van der Waals surface area contributed by atoms with E-state index in [4.69, 9.17) is 27.9 Å². The molecule has 3 aromatic carbocycles. The largest absolute Gasteiger partial charge is 0.489 e. The van der Waals surface area contributed by atoms with Gasteiger partial charge < -0.3 is 4.74 Å². The molecule has 0 saturated carbocycles. The minimum absolute atomic E-state index is 0.271. The number of nitrogens with zero attached hydrogens (tertiary/aromatic N) is 2. The Kier molecular flexibility index (Phi) is 9.06. The highest BCUT2D eigenvalue weighted by Crippen LogP contribution is 2.36. The Hall–Kier alpha value is -3.28. The lowest BCUT2D eigenvalue weighted by atomic mass is 10.2. The standard InChI is InChI=1S/C24H20Cl2F3N3O4S/c1-37(34,35)32(22-12-18(24(27,28)29)7-10-21(22)26)14-23(33)31-30-13-16-5-8-20(9-6-16)36-15-17-3-2-4-19(25)11-17/h2-13H,14-15H2,1H3,(H,31,33)/b30-13-. The zero-order valence-corrected chi connectivity index (χ0v) is 21.5. The molecule has 0 fully saturated rings. The van der Waals surface area contributed by atoms with Crippen LogP contribution in [0.2, 0.25) is 10.0 Å². The van der Waals surface area contributed by atoms with E-state index in [1.54, 1.807) is 36.4 Å². The summed E-state index contributed by atoms with van der Waals surface area (Å²) in [5.41, 5.74) is 2.05. The second-order valence-electron chi connectivity index (χ2n) is 7.71. The number of ether oxygens (including phenoxy) is 1. The normalized spacial score (nSPS) is 11.9. The van der Waals surface area contributed by atoms with Crippen molar-refractivity contribution in [3.05, 3.63) is 93.5 Å². The summed E-state index contributed by atoms with van der Waals surface area (Å²) in [6.07, 6.45) is -2.68. The molecule has 0 aliphatic rings. The van der Waals surface area contributed by atoms with E-state index in [-0.39, 0.29) is 5.02 Å². The SMILES string of the molecule is CS(=O)(=O)N(CC(=O)N/N=C\c1ccc(OCc2cccc(Cl)c2)cc1)c1cc(C(F)(F)F)ccc1Cl. The first-order valence-corrected chi connectivity index (χ1v) is 13.1. The zero-order valence-electron chi connectivity index (χ0n) is 19.2. The number of hydrogen-bond acceptors (Lipinski definition) is 5. The molecule has 1 amide bonds. The van der Waals surface area contributed by atoms with Gasteiger partial charge in [-0.15, -0.1) is 0 Å². The first-order valence-electron chi connectivity index (χ1n) is 10.5. The summed E-state index contributed by atoms with van der Waals surface area (Å²) in [6.45, 7) is -0.524. The van der Waals surface area contributed by atoms with E-state index >= 15 is 0 Å². The predicted molar refractivity (Wildman–Crippen MR) is 137 cm³/mol. The molecule has 0 aliphatic carbocycles. The van der Waals surface area contributed by atoms with E-state index in [1.165, 1.54) is 6.21 Å². The number of halogens is 5. The third-order valence-corrected chi connectivity index (χ3v) is 6.49. The number of alkyl halides is 3. The molecule has 13 heteroatoms. The number of hydrogen-bond donors (Lipinski definition) is 1. The lowest BCUT2D eigenvalue weighted by Gasteiger charge is -2.23. The third kappa shape index (κ3) is 8.38. The molecule has 0 aromatic heterocycles. The minimum atomic E-state index is -4.73. The van der Waals surface area contributed by atoms with E-state index in [9.17, 15) is 26.4 Å². The molecule has 1 N–H and O–H groups in total. The van der Waals surface area contributed by atoms with Gasteiger partial charge in [0.1, 0.15) is 18.9 Å². The van der Waals surface area contributed by atoms with Gasteiger partial charge in [-0.05, 0) is 65.7 Å². The van der Waals surface area contributed by atoms with Crippen LogP contribution < -0.4 is 14.5 Å². The topological polar surface area (TPSA) is 88.1 Å². The maximum Gasteiger partial charge on any atom is 0.416 e. The minimum Gasteiger partial charge on any atom is -0.489 e. The molecular formula is C24H20Cl2F3N3O4S. The van der Waals surface area contributed by atoms with Crippen molar-refractivity contribution >= 4 is 51.0 Å². The predicted octanol–water partition coefficient (Wildman–Crippen LogP) is 5.51. The average molecular weight is 574 g/mol. The fourth-order valence-electron chi connectivity index (χ4n) is 3.05. The summed E-state index contributed by atoms with van der Waals surface area (Å²) in [7, 11) is -4.16. The van der Waals surface area contributed by atoms with Crippen LogP contribution in [0.5, 0.6) is 5.75 Å². The van der Waals surface area contributed by atoms with Gasteiger partial charge in [-0.3, -0.25) is 9.10 Å². The molecule has 0 bridgehead atoms. The molecule has 0 unspecified atom stereocenters. The molecular weight excluding hydrogens is 554 g/mol. The van der Waals surface area contributed by atoms with Gasteiger partial charge in [0, 0.05) is 5.02 Å². The van der Waals surface area contributed by atoms with Crippen LogP contribution in [0.1, 0.15) is 16.7 Å². The Morgan fingerprint density at radius 3 is 2.41 bits per heavy atom. The van der Waals surface area contributed by atoms with Crippen molar-refractivity contribution in [3.8, 4) is 5.75 Å². The number of anilines is 1. The summed E-state index contributed by atoms with van der Waals surface area (Å²) in [5, 5.41) is 4.10. The van der Waals surface area contributed by atoms with Gasteiger partial charge in [-0.2, -0.15) is 18.3 Å². The van der Waals surface area contributed by atoms with E-state index in [0.717, 1.165) is 17.9 Å². The van der Waals surface area contributed by atoms with Crippen LogP contribution in [0.25, 0.3) is 0 Å². The molecule has 0 atom stereocenters. The van der Waals surface area contributed by atoms with Crippen LogP contribution in [0.4, 0.5) is 18.9 Å². The van der Waals surface area contributed by atoms with Crippen LogP contribution in [-0.4, -0.2) is 33.3 Å². The smallest absolute Gasteiger partial charge is 0.416 e. The van der Waals surface area contributed by atoms with E-state index in [2.05, 4.69) is 10.5 Å². The lowest BCUT2D eigenvalue weighted by Crippen LogP contribution is -2.39. The van der Waals surface area contributed by atoms with Gasteiger partial charge in [-0.25, -0.2) is 13.8 Å². The molecule has 3 aromatic rings. The second-order valence-corrected chi connectivity index (χ2v) is 10.5. The van der Waals surface area contributed by atoms with Crippen molar-refractivity contribution in [2.75, 3.05) is 17.1 Å². The number of sulfonamides is 1. The summed E-state index contributed by atoms with van der Waals surface area (Å²) in [4.78, 5) is 12.3. The Morgan fingerprint density at radius 2 is 1.78 bits per heavy atom. The van der Waals surface area contributed by atoms with E-state index < -0.39 is 39.9 Å². The highest BCUT2D eigenvalue weighted by molar-refractivity contribution is 7.92. The summed E-state index contributed by atoms with van der Waals surface area (Å²) < 4.78 is 69.9. The monoisotopic (exact) mass is 573 g/mol. The van der Waals surface area contributed by atoms with Crippen molar-refractivity contribution < 1.29 is 31.1 Å². The van der Waals surface area contributed by atoms with Gasteiger partial charge in [-0.1, -0.05) is 35.3 Å². The number of amides is 1. The molecule has 0 saturated heterocycles. The number of rotatable bonds is 9. The van der Waals surface area contributed by atoms with Crippen molar-refractivity contribution in [1.29, 1.82) is 0 Å². The van der Waals surface area contributed by atoms with Crippen molar-refractivity contribution in [3.63, 3.8) is 0 Å². The fourth-order valence-corrected chi connectivity index (χ4v) is 4.39. The van der Waals surface area contributed by atoms with Crippen LogP contribution in [-0.2, 0) is 27.6 Å². The summed E-state index contributed by atoms with van der Waals surface area (Å²) in [5.74, 6) is -0.306. The Bertz CT molecular complexity index is 1400. The molecule has 7 nitrogen and oxygen atoms in total.